The summed E-state index contributed by atoms with van der Waals surface area (Å²) in [5.74, 6) is 0.549. The topological polar surface area (TPSA) is 58.6 Å². The highest BCUT2D eigenvalue weighted by Gasteiger charge is 2.64. The maximum atomic E-state index is 10.6. The summed E-state index contributed by atoms with van der Waals surface area (Å²) >= 11 is 1.46. The molecule has 50 valence electrons. The summed E-state index contributed by atoms with van der Waals surface area (Å²) in [5.41, 5.74) is 5.05. The Balaban J connectivity index is 2.19. The Morgan fingerprint density at radius 1 is 1.89 bits per heavy atom. The zero-order valence-electron chi connectivity index (χ0n) is 4.66. The first-order chi connectivity index (χ1) is 4.26. The van der Waals surface area contributed by atoms with E-state index in [4.69, 9.17) is 10.6 Å². The van der Waals surface area contributed by atoms with Crippen molar-refractivity contribution in [2.45, 2.75) is 5.06 Å². The van der Waals surface area contributed by atoms with E-state index in [1.807, 2.05) is 0 Å². The van der Waals surface area contributed by atoms with Crippen molar-refractivity contribution in [3.8, 4) is 0 Å². The van der Waals surface area contributed by atoms with E-state index in [0.717, 1.165) is 12.3 Å². The Morgan fingerprint density at radius 2 is 2.67 bits per heavy atom. The number of thioether (sulfide) groups is 1. The number of primary amides is 1. The molecule has 2 rings (SSSR count). The molecule has 2 aliphatic rings. The van der Waals surface area contributed by atoms with Crippen LogP contribution in [-0.2, 0) is 9.63 Å². The second-order valence-corrected chi connectivity index (χ2v) is 3.24. The van der Waals surface area contributed by atoms with Gasteiger partial charge < -0.3 is 5.73 Å². The van der Waals surface area contributed by atoms with Gasteiger partial charge in [-0.05, 0) is 0 Å². The van der Waals surface area contributed by atoms with E-state index >= 15 is 0 Å². The lowest BCUT2D eigenvalue weighted by molar-refractivity contribution is -0.120. The van der Waals surface area contributed by atoms with Crippen LogP contribution in [0.2, 0.25) is 0 Å². The number of carbonyl (C=O) groups excluding carboxylic acids is 1. The molecule has 0 radical (unpaired) electrons. The molecule has 5 heteroatoms. The Morgan fingerprint density at radius 3 is 2.89 bits per heavy atom. The van der Waals surface area contributed by atoms with Crippen LogP contribution in [0.5, 0.6) is 0 Å². The molecule has 2 aliphatic heterocycles. The molecule has 0 aliphatic carbocycles. The standard InChI is InChI=1S/C4H6N2O2S/c5-3(7)4-6(8-4)1-2-9-4/h1-2H2,(H2,5,7). The van der Waals surface area contributed by atoms with Crippen molar-refractivity contribution >= 4 is 17.7 Å². The average Bonchev–Trinajstić information content (AvgIpc) is 2.38. The van der Waals surface area contributed by atoms with Crippen LogP contribution >= 0.6 is 11.8 Å². The number of fused-ring (bicyclic) bond motifs is 1. The Labute approximate surface area is 56.3 Å². The molecule has 9 heavy (non-hydrogen) atoms. The number of hydrogen-bond donors (Lipinski definition) is 1. The van der Waals surface area contributed by atoms with E-state index in [1.54, 1.807) is 5.06 Å². The normalized spacial score (nSPS) is 46.4. The van der Waals surface area contributed by atoms with Crippen molar-refractivity contribution in [1.82, 2.24) is 5.06 Å². The van der Waals surface area contributed by atoms with Crippen molar-refractivity contribution in [3.63, 3.8) is 0 Å². The van der Waals surface area contributed by atoms with Crippen molar-refractivity contribution in [1.29, 1.82) is 0 Å². The SMILES string of the molecule is NC(=O)C12ON1CCS2. The van der Waals surface area contributed by atoms with Gasteiger partial charge in [-0.1, -0.05) is 11.8 Å². The first-order valence-electron chi connectivity index (χ1n) is 2.66. The highest BCUT2D eigenvalue weighted by atomic mass is 32.2. The summed E-state index contributed by atoms with van der Waals surface area (Å²) in [5, 5.41) is 0.861. The second-order valence-electron chi connectivity index (χ2n) is 1.99. The molecule has 2 atom stereocenters. The molecule has 0 saturated carbocycles. The van der Waals surface area contributed by atoms with Crippen LogP contribution in [0.25, 0.3) is 0 Å². The van der Waals surface area contributed by atoms with Gasteiger partial charge in [-0.3, -0.25) is 4.79 Å². The molecule has 0 aromatic heterocycles. The van der Waals surface area contributed by atoms with E-state index in [0.29, 0.717) is 0 Å². The molecule has 0 aromatic carbocycles. The van der Waals surface area contributed by atoms with Crippen LogP contribution in [0.4, 0.5) is 0 Å². The number of nitrogens with two attached hydrogens (primary N) is 1. The minimum absolute atomic E-state index is 0.384. The first kappa shape index (κ1) is 5.52. The van der Waals surface area contributed by atoms with Crippen molar-refractivity contribution in [3.05, 3.63) is 0 Å². The number of nitrogens with zero attached hydrogens (tertiary/aromatic N) is 1. The Kier molecular flexibility index (Phi) is 0.870. The molecule has 0 bridgehead atoms. The van der Waals surface area contributed by atoms with Gasteiger partial charge in [0.05, 0.1) is 0 Å². The third kappa shape index (κ3) is 0.540. The predicted molar refractivity (Wildman–Crippen MR) is 32.2 cm³/mol. The molecule has 0 aromatic rings. The molecule has 1 amide bonds. The first-order valence-corrected chi connectivity index (χ1v) is 3.65. The fourth-order valence-corrected chi connectivity index (χ4v) is 1.98. The van der Waals surface area contributed by atoms with E-state index in [2.05, 4.69) is 0 Å². The summed E-state index contributed by atoms with van der Waals surface area (Å²) in [6.45, 7) is 0.813. The minimum atomic E-state index is -0.750. The third-order valence-electron chi connectivity index (χ3n) is 1.43. The quantitative estimate of drug-likeness (QED) is 0.488. The average molecular weight is 146 g/mol. The molecule has 2 fully saturated rings. The van der Waals surface area contributed by atoms with E-state index in [1.165, 1.54) is 11.8 Å². The third-order valence-corrected chi connectivity index (χ3v) is 2.69. The highest BCUT2D eigenvalue weighted by molar-refractivity contribution is 8.01. The summed E-state index contributed by atoms with van der Waals surface area (Å²) in [7, 11) is 0. The van der Waals surface area contributed by atoms with Crippen LogP contribution in [-0.4, -0.2) is 28.3 Å². The van der Waals surface area contributed by atoms with Gasteiger partial charge in [0.25, 0.3) is 11.0 Å². The zero-order chi connectivity index (χ0) is 6.48. The summed E-state index contributed by atoms with van der Waals surface area (Å²) in [4.78, 5) is 15.5. The monoisotopic (exact) mass is 146 g/mol. The number of amides is 1. The van der Waals surface area contributed by atoms with Gasteiger partial charge in [0.2, 0.25) is 0 Å². The van der Waals surface area contributed by atoms with Gasteiger partial charge in [0, 0.05) is 12.3 Å². The molecule has 0 spiro atoms. The Hall–Kier alpha value is -0.260. The molecular weight excluding hydrogens is 140 g/mol. The number of hydrogen-bond acceptors (Lipinski definition) is 4. The van der Waals surface area contributed by atoms with Crippen LogP contribution in [0.15, 0.2) is 0 Å². The van der Waals surface area contributed by atoms with Crippen LogP contribution in [0, 0.1) is 0 Å². The second kappa shape index (κ2) is 1.42. The van der Waals surface area contributed by atoms with Crippen LogP contribution in [0.3, 0.4) is 0 Å². The predicted octanol–water partition coefficient (Wildman–Crippen LogP) is -0.881. The van der Waals surface area contributed by atoms with Gasteiger partial charge in [-0.25, -0.2) is 4.84 Å². The minimum Gasteiger partial charge on any atom is -0.365 e. The number of rotatable bonds is 1. The largest absolute Gasteiger partial charge is 0.365 e. The Bertz CT molecular complexity index is 174. The molecular formula is C4H6N2O2S. The molecule has 2 saturated heterocycles. The van der Waals surface area contributed by atoms with Gasteiger partial charge >= 0.3 is 0 Å². The molecule has 2 heterocycles. The van der Waals surface area contributed by atoms with Crippen molar-refractivity contribution in [2.24, 2.45) is 5.73 Å². The number of carbonyl (C=O) groups is 1. The fraction of sp³-hybridized carbons (Fsp3) is 0.750. The summed E-state index contributed by atoms with van der Waals surface area (Å²) < 4.78 is 0. The molecule has 4 nitrogen and oxygen atoms in total. The lowest BCUT2D eigenvalue weighted by Crippen LogP contribution is -2.29. The van der Waals surface area contributed by atoms with Gasteiger partial charge in [0.1, 0.15) is 0 Å². The van der Waals surface area contributed by atoms with Crippen molar-refractivity contribution < 1.29 is 9.63 Å². The maximum Gasteiger partial charge on any atom is 0.289 e. The lowest BCUT2D eigenvalue weighted by atomic mass is 10.5. The summed E-state index contributed by atoms with van der Waals surface area (Å²) in [6, 6.07) is 0. The van der Waals surface area contributed by atoms with Gasteiger partial charge in [-0.15, -0.1) is 5.06 Å². The van der Waals surface area contributed by atoms with E-state index in [-0.39, 0.29) is 5.91 Å². The smallest absolute Gasteiger partial charge is 0.289 e. The van der Waals surface area contributed by atoms with E-state index < -0.39 is 5.06 Å². The molecule has 2 unspecified atom stereocenters. The number of hydroxylamine groups is 2. The highest BCUT2D eigenvalue weighted by Crippen LogP contribution is 2.49. The van der Waals surface area contributed by atoms with Gasteiger partial charge in [-0.2, -0.15) is 0 Å². The zero-order valence-corrected chi connectivity index (χ0v) is 5.48. The maximum absolute atomic E-state index is 10.6. The van der Waals surface area contributed by atoms with E-state index in [9.17, 15) is 4.79 Å². The fourth-order valence-electron chi connectivity index (χ4n) is 0.926. The van der Waals surface area contributed by atoms with Crippen LogP contribution < -0.4 is 5.73 Å². The summed E-state index contributed by atoms with van der Waals surface area (Å²) in [6.07, 6.45) is 0. The van der Waals surface area contributed by atoms with Crippen LogP contribution in [0.1, 0.15) is 0 Å². The lowest BCUT2D eigenvalue weighted by Gasteiger charge is -1.95. The van der Waals surface area contributed by atoms with Gasteiger partial charge in [0.15, 0.2) is 0 Å². The van der Waals surface area contributed by atoms with Crippen molar-refractivity contribution in [2.75, 3.05) is 12.3 Å². The molecule has 2 N–H and O–H groups in total.